The number of nitrogens with zero attached hydrogens (tertiary/aromatic N) is 1. The predicted molar refractivity (Wildman–Crippen MR) is 146 cm³/mol. The van der Waals surface area contributed by atoms with E-state index in [0.717, 1.165) is 28.3 Å². The average Bonchev–Trinajstić information content (AvgIpc) is 3.19. The van der Waals surface area contributed by atoms with E-state index in [2.05, 4.69) is 50.9 Å². The van der Waals surface area contributed by atoms with E-state index in [0.29, 0.717) is 12.3 Å². The standard InChI is InChI=1S/C26H37NO4S.C3H8/c1-16-8-7-9-17(2)19(4)20(5)24(29)13-23(28)14-26(30)31-25(11-10-16)18(3)12-22-15-32-21(6)27-22;1-3-2/h7-8,10,12,15,17,19-20,23,25,28H,9,11,13-14H2,1-6H3;3H2,1-2H3/b8-7+,16-10-,18-12+;/t17-,19-,20+,23+,25-;/m0./s1. The molecule has 0 fully saturated rings. The van der Waals surface area contributed by atoms with Crippen molar-refractivity contribution in [2.75, 3.05) is 0 Å². The second-order valence-electron chi connectivity index (χ2n) is 9.84. The second-order valence-corrected chi connectivity index (χ2v) is 10.9. The van der Waals surface area contributed by atoms with Crippen LogP contribution in [-0.2, 0) is 14.3 Å². The van der Waals surface area contributed by atoms with Crippen LogP contribution in [0.5, 0.6) is 0 Å². The van der Waals surface area contributed by atoms with Crippen molar-refractivity contribution in [1.82, 2.24) is 4.98 Å². The van der Waals surface area contributed by atoms with Gasteiger partial charge in [0.1, 0.15) is 11.9 Å². The van der Waals surface area contributed by atoms with Crippen molar-refractivity contribution in [3.63, 3.8) is 0 Å². The number of Topliss-reactive ketones (excluding diaryl/α,β-unsaturated/α-hetero) is 1. The molecule has 0 unspecified atom stereocenters. The number of hydrogen-bond donors (Lipinski definition) is 1. The topological polar surface area (TPSA) is 76.5 Å². The third-order valence-corrected chi connectivity index (χ3v) is 7.16. The van der Waals surface area contributed by atoms with E-state index < -0.39 is 18.2 Å². The highest BCUT2D eigenvalue weighted by atomic mass is 32.1. The first-order chi connectivity index (χ1) is 16.5. The highest BCUT2D eigenvalue weighted by molar-refractivity contribution is 7.09. The number of cyclic esters (lactones) is 1. The molecule has 2 rings (SSSR count). The summed E-state index contributed by atoms with van der Waals surface area (Å²) in [7, 11) is 0. The Bertz CT molecular complexity index is 898. The van der Waals surface area contributed by atoms with Crippen LogP contribution in [0.1, 0.15) is 91.3 Å². The third kappa shape index (κ3) is 11.5. The minimum absolute atomic E-state index is 0.0108. The van der Waals surface area contributed by atoms with Gasteiger partial charge in [0.25, 0.3) is 0 Å². The Morgan fingerprint density at radius 3 is 2.43 bits per heavy atom. The molecule has 35 heavy (non-hydrogen) atoms. The van der Waals surface area contributed by atoms with E-state index in [-0.39, 0.29) is 30.5 Å². The number of aliphatic hydroxyl groups is 1. The van der Waals surface area contributed by atoms with Crippen LogP contribution >= 0.6 is 11.3 Å². The zero-order valence-electron chi connectivity index (χ0n) is 22.8. The molecule has 1 aromatic heterocycles. The Morgan fingerprint density at radius 1 is 1.17 bits per heavy atom. The molecule has 1 aliphatic heterocycles. The van der Waals surface area contributed by atoms with Gasteiger partial charge in [-0.05, 0) is 50.7 Å². The van der Waals surface area contributed by atoms with E-state index >= 15 is 0 Å². The SMILES string of the molecule is CC1=C/C[C@@H](/C(C)=C/c2csc(C)n2)OC(=O)C[C@H](O)CC(=O)[C@H](C)[C@@H](C)[C@@H](C)C\C=C\1.CCC. The van der Waals surface area contributed by atoms with Gasteiger partial charge in [-0.3, -0.25) is 9.59 Å². The molecule has 2 heterocycles. The lowest BCUT2D eigenvalue weighted by Gasteiger charge is -2.25. The molecular formula is C29H45NO4S. The molecule has 0 saturated heterocycles. The number of allylic oxidation sites excluding steroid dienone is 3. The molecule has 0 radical (unpaired) electrons. The van der Waals surface area contributed by atoms with E-state index in [9.17, 15) is 14.7 Å². The Kier molecular flexibility index (Phi) is 14.0. The molecule has 0 amide bonds. The lowest BCUT2D eigenvalue weighted by molar-refractivity contribution is -0.149. The monoisotopic (exact) mass is 503 g/mol. The molecule has 0 spiro atoms. The van der Waals surface area contributed by atoms with Gasteiger partial charge in [0, 0.05) is 24.1 Å². The first-order valence-electron chi connectivity index (χ1n) is 12.8. The highest BCUT2D eigenvalue weighted by Crippen LogP contribution is 2.27. The first kappa shape index (κ1) is 31.0. The minimum atomic E-state index is -1.03. The number of carbonyl (C=O) groups is 2. The number of carbonyl (C=O) groups excluding carboxylic acids is 2. The van der Waals surface area contributed by atoms with Crippen molar-refractivity contribution >= 4 is 29.2 Å². The molecule has 1 aromatic rings. The lowest BCUT2D eigenvalue weighted by atomic mass is 9.79. The molecule has 5 atom stereocenters. The van der Waals surface area contributed by atoms with Gasteiger partial charge in [-0.15, -0.1) is 11.3 Å². The van der Waals surface area contributed by atoms with Crippen LogP contribution in [-0.4, -0.2) is 34.1 Å². The number of hydrogen-bond acceptors (Lipinski definition) is 6. The number of ketones is 1. The molecule has 0 aliphatic carbocycles. The molecule has 6 heteroatoms. The zero-order chi connectivity index (χ0) is 26.5. The fourth-order valence-corrected chi connectivity index (χ4v) is 4.39. The van der Waals surface area contributed by atoms with Gasteiger partial charge in [-0.1, -0.05) is 64.8 Å². The van der Waals surface area contributed by atoms with Gasteiger partial charge in [0.05, 0.1) is 23.2 Å². The zero-order valence-corrected chi connectivity index (χ0v) is 23.7. The van der Waals surface area contributed by atoms with Crippen LogP contribution in [0.3, 0.4) is 0 Å². The number of aryl methyl sites for hydroxylation is 1. The molecule has 0 aromatic carbocycles. The van der Waals surface area contributed by atoms with Crippen LogP contribution in [0, 0.1) is 24.7 Å². The van der Waals surface area contributed by atoms with Crippen LogP contribution < -0.4 is 0 Å². The van der Waals surface area contributed by atoms with Crippen molar-refractivity contribution in [2.24, 2.45) is 17.8 Å². The van der Waals surface area contributed by atoms with E-state index in [1.807, 2.05) is 39.2 Å². The summed E-state index contributed by atoms with van der Waals surface area (Å²) < 4.78 is 5.74. The van der Waals surface area contributed by atoms with Crippen molar-refractivity contribution in [2.45, 2.75) is 99.7 Å². The minimum Gasteiger partial charge on any atom is -0.457 e. The molecule has 5 nitrogen and oxygen atoms in total. The van der Waals surface area contributed by atoms with Crippen molar-refractivity contribution < 1.29 is 19.4 Å². The second kappa shape index (κ2) is 15.8. The summed E-state index contributed by atoms with van der Waals surface area (Å²) in [5.74, 6) is -0.153. The Hall–Kier alpha value is -2.05. The number of esters is 1. The van der Waals surface area contributed by atoms with Gasteiger partial charge < -0.3 is 9.84 Å². The maximum Gasteiger partial charge on any atom is 0.309 e. The summed E-state index contributed by atoms with van der Waals surface area (Å²) in [5.41, 5.74) is 2.83. The summed E-state index contributed by atoms with van der Waals surface area (Å²) in [6.07, 6.45) is 9.20. The lowest BCUT2D eigenvalue weighted by Crippen LogP contribution is -2.29. The van der Waals surface area contributed by atoms with E-state index in [4.69, 9.17) is 4.74 Å². The molecule has 0 bridgehead atoms. The maximum atomic E-state index is 12.7. The van der Waals surface area contributed by atoms with Crippen LogP contribution in [0.15, 0.2) is 34.8 Å². The van der Waals surface area contributed by atoms with E-state index in [1.54, 1.807) is 11.3 Å². The summed E-state index contributed by atoms with van der Waals surface area (Å²) in [4.78, 5) is 29.7. The van der Waals surface area contributed by atoms with Crippen LogP contribution in [0.4, 0.5) is 0 Å². The van der Waals surface area contributed by atoms with Crippen molar-refractivity contribution in [1.29, 1.82) is 0 Å². The normalized spacial score (nSPS) is 29.9. The predicted octanol–water partition coefficient (Wildman–Crippen LogP) is 7.10. The molecule has 1 N–H and O–H groups in total. The van der Waals surface area contributed by atoms with Gasteiger partial charge in [0.15, 0.2) is 0 Å². The largest absolute Gasteiger partial charge is 0.457 e. The Morgan fingerprint density at radius 2 is 1.83 bits per heavy atom. The van der Waals surface area contributed by atoms with Crippen molar-refractivity contribution in [3.05, 3.63) is 45.5 Å². The number of rotatable bonds is 2. The van der Waals surface area contributed by atoms with Gasteiger partial charge in [-0.25, -0.2) is 4.98 Å². The Labute approximate surface area is 216 Å². The Balaban J connectivity index is 0.00000194. The summed E-state index contributed by atoms with van der Waals surface area (Å²) in [6, 6.07) is 0. The average molecular weight is 504 g/mol. The highest BCUT2D eigenvalue weighted by Gasteiger charge is 2.27. The number of aliphatic hydroxyl groups excluding tert-OH is 1. The third-order valence-electron chi connectivity index (χ3n) is 6.37. The first-order valence-corrected chi connectivity index (χ1v) is 13.7. The molecule has 196 valence electrons. The van der Waals surface area contributed by atoms with Gasteiger partial charge >= 0.3 is 5.97 Å². The fraction of sp³-hybridized carbons (Fsp3) is 0.621. The summed E-state index contributed by atoms with van der Waals surface area (Å²) in [6.45, 7) is 16.3. The molecule has 0 saturated carbocycles. The number of thiazole rings is 1. The fourth-order valence-electron chi connectivity index (χ4n) is 3.82. The number of aromatic nitrogens is 1. The summed E-state index contributed by atoms with van der Waals surface area (Å²) in [5, 5.41) is 13.3. The molecule has 1 aliphatic rings. The summed E-state index contributed by atoms with van der Waals surface area (Å²) >= 11 is 1.57. The smallest absolute Gasteiger partial charge is 0.309 e. The van der Waals surface area contributed by atoms with E-state index in [1.165, 1.54) is 6.42 Å². The molecular weight excluding hydrogens is 458 g/mol. The van der Waals surface area contributed by atoms with Crippen LogP contribution in [0.2, 0.25) is 0 Å². The van der Waals surface area contributed by atoms with Gasteiger partial charge in [0.2, 0.25) is 0 Å². The maximum absolute atomic E-state index is 12.7. The number of ether oxygens (including phenoxy) is 1. The van der Waals surface area contributed by atoms with Crippen LogP contribution in [0.25, 0.3) is 6.08 Å². The van der Waals surface area contributed by atoms with Crippen molar-refractivity contribution in [3.8, 4) is 0 Å². The quantitative estimate of drug-likeness (QED) is 0.436. The van der Waals surface area contributed by atoms with Gasteiger partial charge in [-0.2, -0.15) is 0 Å².